The molecule has 23 heavy (non-hydrogen) atoms. The second-order valence-electron chi connectivity index (χ2n) is 5.89. The highest BCUT2D eigenvalue weighted by molar-refractivity contribution is 5.93. The third-order valence-corrected chi connectivity index (χ3v) is 4.08. The average Bonchev–Trinajstić information content (AvgIpc) is 2.58. The fraction of sp³-hybridized carbons (Fsp3) is 0.444. The van der Waals surface area contributed by atoms with Gasteiger partial charge in [-0.2, -0.15) is 0 Å². The van der Waals surface area contributed by atoms with Gasteiger partial charge in [0.25, 0.3) is 5.91 Å². The quantitative estimate of drug-likeness (QED) is 0.663. The Bertz CT molecular complexity index is 590. The Balaban J connectivity index is 1.86. The smallest absolute Gasteiger partial charge is 0.262 e. The van der Waals surface area contributed by atoms with Gasteiger partial charge in [-0.3, -0.25) is 20.4 Å². The van der Waals surface area contributed by atoms with Crippen molar-refractivity contribution in [1.29, 1.82) is 0 Å². The summed E-state index contributed by atoms with van der Waals surface area (Å²) < 4.78 is 5.26. The number of carbonyl (C=O) groups is 2. The van der Waals surface area contributed by atoms with Crippen molar-refractivity contribution < 1.29 is 14.3 Å². The maximum absolute atomic E-state index is 12.0. The molecule has 0 heterocycles. The summed E-state index contributed by atoms with van der Waals surface area (Å²) in [6.07, 6.45) is 8.22. The van der Waals surface area contributed by atoms with Crippen LogP contribution in [-0.4, -0.2) is 18.9 Å². The summed E-state index contributed by atoms with van der Waals surface area (Å²) in [5.41, 5.74) is 6.84. The zero-order valence-electron chi connectivity index (χ0n) is 13.7. The van der Waals surface area contributed by atoms with Crippen molar-refractivity contribution in [1.82, 2.24) is 10.9 Å². The number of hydrogen-bond acceptors (Lipinski definition) is 3. The third kappa shape index (κ3) is 5.13. The molecule has 2 rings (SSSR count). The van der Waals surface area contributed by atoms with Crippen molar-refractivity contribution in [3.63, 3.8) is 0 Å². The predicted molar refractivity (Wildman–Crippen MR) is 89.6 cm³/mol. The third-order valence-electron chi connectivity index (χ3n) is 4.08. The molecule has 124 valence electrons. The van der Waals surface area contributed by atoms with Gasteiger partial charge in [0.05, 0.1) is 7.11 Å². The van der Waals surface area contributed by atoms with Crippen LogP contribution in [0.25, 0.3) is 6.08 Å². The fourth-order valence-electron chi connectivity index (χ4n) is 2.78. The van der Waals surface area contributed by atoms with Gasteiger partial charge < -0.3 is 4.74 Å². The lowest BCUT2D eigenvalue weighted by atomic mass is 9.89. The summed E-state index contributed by atoms with van der Waals surface area (Å²) in [6, 6.07) is 5.74. The van der Waals surface area contributed by atoms with Gasteiger partial charge in [-0.25, -0.2) is 0 Å². The second-order valence-corrected chi connectivity index (χ2v) is 5.89. The highest BCUT2D eigenvalue weighted by atomic mass is 16.5. The van der Waals surface area contributed by atoms with Gasteiger partial charge in [-0.05, 0) is 38.0 Å². The molecular weight excluding hydrogens is 292 g/mol. The Labute approximate surface area is 137 Å². The Kier molecular flexibility index (Phi) is 6.20. The van der Waals surface area contributed by atoms with Crippen LogP contribution in [0.1, 0.15) is 43.2 Å². The normalized spacial score (nSPS) is 15.4. The molecule has 0 radical (unpaired) electrons. The molecule has 2 N–H and O–H groups in total. The van der Waals surface area contributed by atoms with Gasteiger partial charge in [0.1, 0.15) is 5.75 Å². The van der Waals surface area contributed by atoms with Gasteiger partial charge in [0, 0.05) is 17.6 Å². The van der Waals surface area contributed by atoms with Crippen molar-refractivity contribution in [3.05, 3.63) is 35.4 Å². The first-order chi connectivity index (χ1) is 11.1. The van der Waals surface area contributed by atoms with Crippen LogP contribution >= 0.6 is 0 Å². The summed E-state index contributed by atoms with van der Waals surface area (Å²) >= 11 is 0. The molecule has 1 aromatic carbocycles. The number of hydrazine groups is 1. The van der Waals surface area contributed by atoms with Crippen LogP contribution in [0.4, 0.5) is 0 Å². The summed E-state index contributed by atoms with van der Waals surface area (Å²) in [5, 5.41) is 0. The molecule has 5 heteroatoms. The maximum Gasteiger partial charge on any atom is 0.262 e. The van der Waals surface area contributed by atoms with E-state index >= 15 is 0 Å². The molecule has 2 amide bonds. The molecule has 1 aliphatic carbocycles. The van der Waals surface area contributed by atoms with E-state index < -0.39 is 0 Å². The Morgan fingerprint density at radius 2 is 1.91 bits per heavy atom. The number of ether oxygens (including phenoxy) is 1. The number of methoxy groups -OCH3 is 1. The van der Waals surface area contributed by atoms with E-state index in [0.29, 0.717) is 5.75 Å². The molecule has 0 spiro atoms. The van der Waals surface area contributed by atoms with E-state index in [-0.39, 0.29) is 17.7 Å². The number of rotatable bonds is 4. The Morgan fingerprint density at radius 3 is 2.61 bits per heavy atom. The molecule has 0 bridgehead atoms. The van der Waals surface area contributed by atoms with Crippen molar-refractivity contribution in [3.8, 4) is 5.75 Å². The molecule has 1 aliphatic rings. The number of amides is 2. The van der Waals surface area contributed by atoms with Crippen LogP contribution in [-0.2, 0) is 9.59 Å². The minimum Gasteiger partial charge on any atom is -0.496 e. The minimum absolute atomic E-state index is 0.0184. The number of aryl methyl sites for hydroxylation is 1. The highest BCUT2D eigenvalue weighted by Crippen LogP contribution is 2.23. The molecule has 0 saturated heterocycles. The van der Waals surface area contributed by atoms with E-state index in [0.717, 1.165) is 36.8 Å². The van der Waals surface area contributed by atoms with Crippen molar-refractivity contribution in [2.75, 3.05) is 7.11 Å². The maximum atomic E-state index is 12.0. The highest BCUT2D eigenvalue weighted by Gasteiger charge is 2.20. The standard InChI is InChI=1S/C18H24N2O3/c1-13-8-10-16(23-2)15(12-13)9-11-17(21)19-20-18(22)14-6-4-3-5-7-14/h8-12,14H,3-7H2,1-2H3,(H,19,21)(H,20,22)/b11-9+. The van der Waals surface area contributed by atoms with Gasteiger partial charge in [0.15, 0.2) is 0 Å². The van der Waals surface area contributed by atoms with Crippen LogP contribution in [0.5, 0.6) is 5.75 Å². The minimum atomic E-state index is -0.363. The van der Waals surface area contributed by atoms with Gasteiger partial charge in [-0.15, -0.1) is 0 Å². The lowest BCUT2D eigenvalue weighted by Crippen LogP contribution is -2.44. The van der Waals surface area contributed by atoms with Crippen LogP contribution in [0.2, 0.25) is 0 Å². The van der Waals surface area contributed by atoms with Gasteiger partial charge in [0.2, 0.25) is 5.91 Å². The zero-order valence-corrected chi connectivity index (χ0v) is 13.7. The average molecular weight is 316 g/mol. The predicted octanol–water partition coefficient (Wildman–Crippen LogP) is 2.74. The molecule has 1 saturated carbocycles. The molecule has 0 atom stereocenters. The first kappa shape index (κ1) is 17.1. The van der Waals surface area contributed by atoms with Crippen molar-refractivity contribution >= 4 is 17.9 Å². The van der Waals surface area contributed by atoms with E-state index in [4.69, 9.17) is 4.74 Å². The van der Waals surface area contributed by atoms with Crippen LogP contribution in [0, 0.1) is 12.8 Å². The number of benzene rings is 1. The van der Waals surface area contributed by atoms with E-state index in [2.05, 4.69) is 10.9 Å². The topological polar surface area (TPSA) is 67.4 Å². The summed E-state index contributed by atoms with van der Waals surface area (Å²) in [5.74, 6) is 0.257. The number of nitrogens with one attached hydrogen (secondary N) is 2. The van der Waals surface area contributed by atoms with Gasteiger partial charge >= 0.3 is 0 Å². The van der Waals surface area contributed by atoms with Crippen molar-refractivity contribution in [2.45, 2.75) is 39.0 Å². The monoisotopic (exact) mass is 316 g/mol. The largest absolute Gasteiger partial charge is 0.496 e. The molecule has 0 unspecified atom stereocenters. The van der Waals surface area contributed by atoms with Crippen LogP contribution < -0.4 is 15.6 Å². The molecule has 0 aromatic heterocycles. The van der Waals surface area contributed by atoms with E-state index in [1.54, 1.807) is 13.2 Å². The Hall–Kier alpha value is -2.30. The summed E-state index contributed by atoms with van der Waals surface area (Å²) in [6.45, 7) is 1.97. The summed E-state index contributed by atoms with van der Waals surface area (Å²) in [4.78, 5) is 23.8. The van der Waals surface area contributed by atoms with Crippen LogP contribution in [0.15, 0.2) is 24.3 Å². The molecule has 0 aliphatic heterocycles. The summed E-state index contributed by atoms with van der Waals surface area (Å²) in [7, 11) is 1.59. The van der Waals surface area contributed by atoms with Crippen molar-refractivity contribution in [2.24, 2.45) is 5.92 Å². The van der Waals surface area contributed by atoms with Gasteiger partial charge in [-0.1, -0.05) is 30.9 Å². The SMILES string of the molecule is COc1ccc(C)cc1/C=C/C(=O)NNC(=O)C1CCCCC1. The molecule has 1 fully saturated rings. The lowest BCUT2D eigenvalue weighted by molar-refractivity contribution is -0.130. The van der Waals surface area contributed by atoms with E-state index in [9.17, 15) is 9.59 Å². The first-order valence-electron chi connectivity index (χ1n) is 8.02. The van der Waals surface area contributed by atoms with E-state index in [1.165, 1.54) is 12.5 Å². The molecule has 5 nitrogen and oxygen atoms in total. The van der Waals surface area contributed by atoms with Crippen LogP contribution in [0.3, 0.4) is 0 Å². The second kappa shape index (κ2) is 8.36. The Morgan fingerprint density at radius 1 is 1.17 bits per heavy atom. The first-order valence-corrected chi connectivity index (χ1v) is 8.02. The zero-order chi connectivity index (χ0) is 16.7. The number of carbonyl (C=O) groups excluding carboxylic acids is 2. The molecule has 1 aromatic rings. The van der Waals surface area contributed by atoms with E-state index in [1.807, 2.05) is 25.1 Å². The fourth-order valence-corrected chi connectivity index (χ4v) is 2.78. The lowest BCUT2D eigenvalue weighted by Gasteiger charge is -2.20. The number of hydrogen-bond donors (Lipinski definition) is 2. The molecular formula is C18H24N2O3.